The minimum absolute atomic E-state index is 0.0395. The Morgan fingerprint density at radius 3 is 2.50 bits per heavy atom. The van der Waals surface area contributed by atoms with Crippen LogP contribution >= 0.6 is 0 Å². The highest BCUT2D eigenvalue weighted by molar-refractivity contribution is 5.82. The van der Waals surface area contributed by atoms with Crippen molar-refractivity contribution in [3.8, 4) is 0 Å². The van der Waals surface area contributed by atoms with Crippen molar-refractivity contribution in [2.75, 3.05) is 19.7 Å². The first-order valence-corrected chi connectivity index (χ1v) is 8.58. The van der Waals surface area contributed by atoms with E-state index in [4.69, 9.17) is 9.52 Å². The number of hydrogen-bond acceptors (Lipinski definition) is 4. The largest absolute Gasteiger partial charge is 0.423 e. The summed E-state index contributed by atoms with van der Waals surface area (Å²) in [5.74, 6) is 0.236. The van der Waals surface area contributed by atoms with Gasteiger partial charge in [0.15, 0.2) is 0 Å². The van der Waals surface area contributed by atoms with E-state index in [0.29, 0.717) is 16.5 Å². The molecule has 0 fully saturated rings. The Kier molecular flexibility index (Phi) is 6.47. The van der Waals surface area contributed by atoms with Gasteiger partial charge >= 0.3 is 11.8 Å². The first-order valence-electron chi connectivity index (χ1n) is 8.58. The lowest BCUT2D eigenvalue weighted by atomic mass is 9.95. The number of benzene rings is 1. The van der Waals surface area contributed by atoms with Crippen LogP contribution in [-0.4, -0.2) is 35.9 Å². The highest BCUT2D eigenvalue weighted by Crippen LogP contribution is 2.28. The van der Waals surface area contributed by atoms with Crippen LogP contribution in [0.1, 0.15) is 42.9 Å². The average molecular weight is 371 g/mol. The van der Waals surface area contributed by atoms with Gasteiger partial charge in [-0.15, -0.1) is 0 Å². The molecule has 0 aliphatic heterocycles. The Labute approximate surface area is 150 Å². The molecule has 1 N–H and O–H groups in total. The summed E-state index contributed by atoms with van der Waals surface area (Å²) < 4.78 is 43.8. The predicted molar refractivity (Wildman–Crippen MR) is 94.3 cm³/mol. The van der Waals surface area contributed by atoms with Gasteiger partial charge in [-0.2, -0.15) is 13.2 Å². The van der Waals surface area contributed by atoms with E-state index in [-0.39, 0.29) is 32.0 Å². The van der Waals surface area contributed by atoms with Gasteiger partial charge in [0.1, 0.15) is 5.58 Å². The number of aliphatic hydroxyl groups is 1. The molecule has 0 aliphatic carbocycles. The van der Waals surface area contributed by atoms with E-state index in [1.54, 1.807) is 6.07 Å². The molecule has 0 spiro atoms. The molecule has 0 aliphatic rings. The zero-order valence-electron chi connectivity index (χ0n) is 15.2. The van der Waals surface area contributed by atoms with Crippen molar-refractivity contribution in [3.63, 3.8) is 0 Å². The van der Waals surface area contributed by atoms with Gasteiger partial charge in [-0.25, -0.2) is 4.79 Å². The molecule has 144 valence electrons. The maximum absolute atomic E-state index is 12.9. The van der Waals surface area contributed by atoms with E-state index >= 15 is 0 Å². The molecule has 0 amide bonds. The summed E-state index contributed by atoms with van der Waals surface area (Å²) >= 11 is 0. The summed E-state index contributed by atoms with van der Waals surface area (Å²) in [4.78, 5) is 13.1. The molecule has 0 bridgehead atoms. The van der Waals surface area contributed by atoms with E-state index in [9.17, 15) is 18.0 Å². The summed E-state index contributed by atoms with van der Waals surface area (Å²) in [5, 5.41) is 9.60. The van der Waals surface area contributed by atoms with Gasteiger partial charge in [0, 0.05) is 31.1 Å². The summed E-state index contributed by atoms with van der Waals surface area (Å²) in [6.45, 7) is 4.73. The molecule has 0 saturated carbocycles. The number of aryl methyl sites for hydroxylation is 1. The second-order valence-corrected chi connectivity index (χ2v) is 6.85. The number of halogens is 3. The minimum Gasteiger partial charge on any atom is -0.423 e. The van der Waals surface area contributed by atoms with Crippen LogP contribution in [-0.2, 0) is 6.54 Å². The van der Waals surface area contributed by atoms with Crippen molar-refractivity contribution < 1.29 is 22.7 Å². The summed E-state index contributed by atoms with van der Waals surface area (Å²) in [6.07, 6.45) is -4.13. The van der Waals surface area contributed by atoms with Crippen LogP contribution in [0.25, 0.3) is 11.0 Å². The van der Waals surface area contributed by atoms with Crippen LogP contribution in [0.5, 0.6) is 0 Å². The molecule has 7 heteroatoms. The molecule has 0 saturated heterocycles. The molecule has 0 radical (unpaired) electrons. The Morgan fingerprint density at radius 2 is 1.92 bits per heavy atom. The standard InChI is InChI=1S/C19H24F3NO3/c1-12(2)15-9-16-14(8-18(25)26-17(16)7-13(15)3)10-23(5-4-6-24)11-19(20,21)22/h7-9,12,24H,4-6,10-11H2,1-3H3. The van der Waals surface area contributed by atoms with E-state index in [1.165, 1.54) is 11.0 Å². The van der Waals surface area contributed by atoms with Crippen molar-refractivity contribution in [3.05, 3.63) is 45.3 Å². The zero-order valence-corrected chi connectivity index (χ0v) is 15.2. The van der Waals surface area contributed by atoms with Crippen molar-refractivity contribution in [2.45, 2.75) is 45.8 Å². The van der Waals surface area contributed by atoms with Crippen molar-refractivity contribution >= 4 is 11.0 Å². The Balaban J connectivity index is 2.48. The third-order valence-electron chi connectivity index (χ3n) is 4.27. The molecule has 1 heterocycles. The first-order chi connectivity index (χ1) is 12.1. The number of fused-ring (bicyclic) bond motifs is 1. The lowest BCUT2D eigenvalue weighted by Crippen LogP contribution is -2.35. The maximum atomic E-state index is 12.9. The molecular weight excluding hydrogens is 347 g/mol. The third kappa shape index (κ3) is 5.32. The van der Waals surface area contributed by atoms with Gasteiger partial charge in [-0.1, -0.05) is 13.8 Å². The minimum atomic E-state index is -4.36. The predicted octanol–water partition coefficient (Wildman–Crippen LogP) is 3.97. The molecular formula is C19H24F3NO3. The fourth-order valence-electron chi connectivity index (χ4n) is 3.15. The normalized spacial score (nSPS) is 12.5. The quantitative estimate of drug-likeness (QED) is 0.749. The van der Waals surface area contributed by atoms with Gasteiger partial charge in [0.05, 0.1) is 6.54 Å². The summed E-state index contributed by atoms with van der Waals surface area (Å²) in [5.41, 5.74) is 2.33. The highest BCUT2D eigenvalue weighted by atomic mass is 19.4. The van der Waals surface area contributed by atoms with E-state index in [2.05, 4.69) is 0 Å². The van der Waals surface area contributed by atoms with Crippen LogP contribution in [0.4, 0.5) is 13.2 Å². The second kappa shape index (κ2) is 8.22. The SMILES string of the molecule is Cc1cc2oc(=O)cc(CN(CCCO)CC(F)(F)F)c2cc1C(C)C. The zero-order chi connectivity index (χ0) is 19.5. The molecule has 26 heavy (non-hydrogen) atoms. The van der Waals surface area contributed by atoms with Crippen LogP contribution in [0.15, 0.2) is 27.4 Å². The Bertz CT molecular complexity index is 812. The molecule has 1 aromatic heterocycles. The number of alkyl halides is 3. The average Bonchev–Trinajstić information content (AvgIpc) is 2.49. The van der Waals surface area contributed by atoms with Crippen molar-refractivity contribution in [2.24, 2.45) is 0 Å². The van der Waals surface area contributed by atoms with Gasteiger partial charge in [-0.05, 0) is 48.1 Å². The Morgan fingerprint density at radius 1 is 1.23 bits per heavy atom. The van der Waals surface area contributed by atoms with E-state index < -0.39 is 18.3 Å². The van der Waals surface area contributed by atoms with Crippen molar-refractivity contribution in [1.29, 1.82) is 0 Å². The fraction of sp³-hybridized carbons (Fsp3) is 0.526. The molecule has 0 atom stereocenters. The van der Waals surface area contributed by atoms with Crippen LogP contribution in [0.3, 0.4) is 0 Å². The molecule has 4 nitrogen and oxygen atoms in total. The number of hydrogen-bond donors (Lipinski definition) is 1. The second-order valence-electron chi connectivity index (χ2n) is 6.85. The monoisotopic (exact) mass is 371 g/mol. The smallest absolute Gasteiger partial charge is 0.401 e. The van der Waals surface area contributed by atoms with Gasteiger partial charge in [-0.3, -0.25) is 4.90 Å². The maximum Gasteiger partial charge on any atom is 0.401 e. The van der Waals surface area contributed by atoms with Crippen LogP contribution < -0.4 is 5.63 Å². The third-order valence-corrected chi connectivity index (χ3v) is 4.27. The van der Waals surface area contributed by atoms with Gasteiger partial charge in [0.2, 0.25) is 0 Å². The molecule has 0 unspecified atom stereocenters. The molecule has 2 aromatic rings. The number of rotatable bonds is 7. The lowest BCUT2D eigenvalue weighted by Gasteiger charge is -2.24. The van der Waals surface area contributed by atoms with Gasteiger partial charge in [0.25, 0.3) is 0 Å². The van der Waals surface area contributed by atoms with E-state index in [0.717, 1.165) is 11.1 Å². The van der Waals surface area contributed by atoms with Gasteiger partial charge < -0.3 is 9.52 Å². The molecule has 1 aromatic carbocycles. The summed E-state index contributed by atoms with van der Waals surface area (Å²) in [6, 6.07) is 4.91. The fourth-order valence-corrected chi connectivity index (χ4v) is 3.15. The summed E-state index contributed by atoms with van der Waals surface area (Å²) in [7, 11) is 0. The highest BCUT2D eigenvalue weighted by Gasteiger charge is 2.30. The van der Waals surface area contributed by atoms with Crippen molar-refractivity contribution in [1.82, 2.24) is 4.90 Å². The number of aliphatic hydroxyl groups excluding tert-OH is 1. The lowest BCUT2D eigenvalue weighted by molar-refractivity contribution is -0.147. The Hall–Kier alpha value is -1.86. The van der Waals surface area contributed by atoms with Crippen LogP contribution in [0, 0.1) is 6.92 Å². The number of nitrogens with zero attached hydrogens (tertiary/aromatic N) is 1. The van der Waals surface area contributed by atoms with Crippen LogP contribution in [0.2, 0.25) is 0 Å². The molecule has 2 rings (SSSR count). The van der Waals surface area contributed by atoms with E-state index in [1.807, 2.05) is 26.8 Å². The topological polar surface area (TPSA) is 53.7 Å². The first kappa shape index (κ1) is 20.5.